The van der Waals surface area contributed by atoms with Crippen molar-refractivity contribution in [2.75, 3.05) is 19.8 Å². The first-order chi connectivity index (χ1) is 18.2. The molecule has 0 N–H and O–H groups in total. The van der Waals surface area contributed by atoms with Gasteiger partial charge in [0.25, 0.3) is 0 Å². The molecule has 0 saturated carbocycles. The van der Waals surface area contributed by atoms with Gasteiger partial charge in [-0.3, -0.25) is 0 Å². The lowest BCUT2D eigenvalue weighted by Crippen LogP contribution is -2.21. The molecule has 1 aliphatic heterocycles. The summed E-state index contributed by atoms with van der Waals surface area (Å²) in [6.45, 7) is 4.87. The van der Waals surface area contributed by atoms with Crippen LogP contribution in [0.15, 0.2) is 72.8 Å². The van der Waals surface area contributed by atoms with Crippen LogP contribution in [-0.4, -0.2) is 24.8 Å². The lowest BCUT2D eigenvalue weighted by atomic mass is 10.0. The van der Waals surface area contributed by atoms with Crippen LogP contribution in [0.25, 0.3) is 10.9 Å². The van der Waals surface area contributed by atoms with E-state index < -0.39 is 0 Å². The van der Waals surface area contributed by atoms with Crippen LogP contribution in [0, 0.1) is 24.2 Å². The number of pyridine rings is 1. The normalized spacial score (nSPS) is 13.7. The number of hydrogen-bond acceptors (Lipinski definition) is 6. The topological polar surface area (TPSA) is 73.6 Å². The van der Waals surface area contributed by atoms with Gasteiger partial charge >= 0.3 is 0 Å². The second-order valence-corrected chi connectivity index (χ2v) is 9.26. The molecule has 1 fully saturated rings. The van der Waals surface area contributed by atoms with Crippen molar-refractivity contribution in [1.29, 1.82) is 5.26 Å². The molecule has 2 heterocycles. The van der Waals surface area contributed by atoms with Crippen molar-refractivity contribution in [1.82, 2.24) is 4.98 Å². The molecular weight excluding hydrogens is 464 g/mol. The maximum atomic E-state index is 9.53. The maximum absolute atomic E-state index is 9.53. The number of aromatic nitrogens is 1. The van der Waals surface area contributed by atoms with Gasteiger partial charge in [0.1, 0.15) is 30.5 Å². The van der Waals surface area contributed by atoms with Gasteiger partial charge in [-0.25, -0.2) is 4.98 Å². The number of ether oxygens (including phenoxy) is 4. The molecule has 0 atom stereocenters. The summed E-state index contributed by atoms with van der Waals surface area (Å²) in [6.07, 6.45) is 1.98. The number of hydrogen-bond donors (Lipinski definition) is 0. The van der Waals surface area contributed by atoms with Gasteiger partial charge in [0.15, 0.2) is 0 Å². The van der Waals surface area contributed by atoms with Gasteiger partial charge in [0, 0.05) is 30.2 Å². The minimum Gasteiger partial charge on any atom is -0.493 e. The third-order valence-electron chi connectivity index (χ3n) is 6.61. The van der Waals surface area contributed by atoms with E-state index in [9.17, 15) is 5.26 Å². The minimum absolute atomic E-state index is 0.243. The van der Waals surface area contributed by atoms with Crippen molar-refractivity contribution >= 4 is 10.9 Å². The Kier molecular flexibility index (Phi) is 7.83. The highest BCUT2D eigenvalue weighted by Gasteiger charge is 2.16. The van der Waals surface area contributed by atoms with Gasteiger partial charge < -0.3 is 18.9 Å². The van der Waals surface area contributed by atoms with Crippen molar-refractivity contribution < 1.29 is 18.9 Å². The molecule has 1 aliphatic rings. The average molecular weight is 495 g/mol. The molecule has 37 heavy (non-hydrogen) atoms. The molecular formula is C31H30N2O4. The van der Waals surface area contributed by atoms with Gasteiger partial charge in [-0.05, 0) is 55.5 Å². The summed E-state index contributed by atoms with van der Waals surface area (Å²) in [6, 6.07) is 25.6. The van der Waals surface area contributed by atoms with E-state index in [1.807, 2.05) is 67.6 Å². The lowest BCUT2D eigenvalue weighted by molar-refractivity contribution is 0.0497. The molecule has 5 rings (SSSR count). The third kappa shape index (κ3) is 6.19. The molecule has 0 amide bonds. The van der Waals surface area contributed by atoms with Gasteiger partial charge in [0.2, 0.25) is 0 Å². The smallest absolute Gasteiger partial charge is 0.134 e. The Bertz CT molecular complexity index is 1390. The Morgan fingerprint density at radius 1 is 0.892 bits per heavy atom. The molecule has 6 heteroatoms. The Labute approximate surface area is 217 Å². The first kappa shape index (κ1) is 24.6. The highest BCUT2D eigenvalue weighted by molar-refractivity contribution is 5.86. The SMILES string of the molecule is Cc1c(COc2cc(C#N)cc(OCC3CCOCC3)c2)nc2ccccc2c1OCc1ccccc1. The summed E-state index contributed by atoms with van der Waals surface area (Å²) in [5, 5.41) is 10.5. The number of fused-ring (bicyclic) bond motifs is 1. The Morgan fingerprint density at radius 3 is 2.41 bits per heavy atom. The zero-order valence-corrected chi connectivity index (χ0v) is 21.0. The summed E-state index contributed by atoms with van der Waals surface area (Å²) in [7, 11) is 0. The summed E-state index contributed by atoms with van der Waals surface area (Å²) in [4.78, 5) is 4.85. The van der Waals surface area contributed by atoms with Crippen LogP contribution < -0.4 is 14.2 Å². The second-order valence-electron chi connectivity index (χ2n) is 9.26. The Morgan fingerprint density at radius 2 is 1.62 bits per heavy atom. The van der Waals surface area contributed by atoms with Gasteiger partial charge in [-0.2, -0.15) is 5.26 Å². The Balaban J connectivity index is 1.34. The minimum atomic E-state index is 0.243. The molecule has 0 aliphatic carbocycles. The molecule has 0 radical (unpaired) electrons. The molecule has 1 saturated heterocycles. The fourth-order valence-electron chi connectivity index (χ4n) is 4.46. The van der Waals surface area contributed by atoms with E-state index in [0.717, 1.165) is 59.5 Å². The van der Waals surface area contributed by atoms with E-state index in [2.05, 4.69) is 6.07 Å². The summed E-state index contributed by atoms with van der Waals surface area (Å²) in [5.74, 6) is 2.47. The van der Waals surface area contributed by atoms with Crippen LogP contribution in [0.1, 0.15) is 35.2 Å². The molecule has 3 aromatic carbocycles. The van der Waals surface area contributed by atoms with Crippen molar-refractivity contribution in [2.45, 2.75) is 33.0 Å². The highest BCUT2D eigenvalue weighted by atomic mass is 16.5. The number of nitriles is 1. The molecule has 1 aromatic heterocycles. The van der Waals surface area contributed by atoms with E-state index in [-0.39, 0.29) is 6.61 Å². The van der Waals surface area contributed by atoms with E-state index in [4.69, 9.17) is 23.9 Å². The molecule has 188 valence electrons. The van der Waals surface area contributed by atoms with Crippen molar-refractivity contribution in [3.63, 3.8) is 0 Å². The van der Waals surface area contributed by atoms with Crippen LogP contribution in [0.3, 0.4) is 0 Å². The lowest BCUT2D eigenvalue weighted by Gasteiger charge is -2.22. The van der Waals surface area contributed by atoms with Crippen LogP contribution in [0.4, 0.5) is 0 Å². The van der Waals surface area contributed by atoms with Crippen LogP contribution in [-0.2, 0) is 18.0 Å². The summed E-state index contributed by atoms with van der Waals surface area (Å²) in [5.41, 5.74) is 4.16. The summed E-state index contributed by atoms with van der Waals surface area (Å²) >= 11 is 0. The second kappa shape index (κ2) is 11.8. The quantitative estimate of drug-likeness (QED) is 0.269. The van der Waals surface area contributed by atoms with Crippen LogP contribution in [0.2, 0.25) is 0 Å². The zero-order chi connectivity index (χ0) is 25.5. The predicted octanol–water partition coefficient (Wildman–Crippen LogP) is 6.38. The third-order valence-corrected chi connectivity index (χ3v) is 6.61. The van der Waals surface area contributed by atoms with Gasteiger partial charge in [-0.15, -0.1) is 0 Å². The van der Waals surface area contributed by atoms with Crippen molar-refractivity contribution in [3.8, 4) is 23.3 Å². The van der Waals surface area contributed by atoms with Crippen molar-refractivity contribution in [3.05, 3.63) is 95.2 Å². The fraction of sp³-hybridized carbons (Fsp3) is 0.290. The number of benzene rings is 3. The largest absolute Gasteiger partial charge is 0.493 e. The van der Waals surface area contributed by atoms with Crippen LogP contribution >= 0.6 is 0 Å². The number of nitrogens with zero attached hydrogens (tertiary/aromatic N) is 2. The molecule has 0 bridgehead atoms. The van der Waals surface area contributed by atoms with Gasteiger partial charge in [0.05, 0.1) is 29.5 Å². The van der Waals surface area contributed by atoms with Crippen molar-refractivity contribution in [2.24, 2.45) is 5.92 Å². The van der Waals surface area contributed by atoms with Gasteiger partial charge in [-0.1, -0.05) is 42.5 Å². The first-order valence-electron chi connectivity index (χ1n) is 12.6. The molecule has 0 spiro atoms. The van der Waals surface area contributed by atoms with E-state index >= 15 is 0 Å². The number of rotatable bonds is 9. The van der Waals surface area contributed by atoms with Crippen LogP contribution in [0.5, 0.6) is 17.2 Å². The predicted molar refractivity (Wildman–Crippen MR) is 142 cm³/mol. The molecule has 6 nitrogen and oxygen atoms in total. The standard InChI is InChI=1S/C31H30N2O4/c1-22-30(33-29-10-6-5-9-28(29)31(22)37-20-23-7-3-2-4-8-23)21-36-27-16-25(18-32)15-26(17-27)35-19-24-11-13-34-14-12-24/h2-10,15-17,24H,11-14,19-21H2,1H3. The summed E-state index contributed by atoms with van der Waals surface area (Å²) < 4.78 is 23.9. The molecule has 4 aromatic rings. The number of para-hydroxylation sites is 1. The first-order valence-corrected chi connectivity index (χ1v) is 12.6. The zero-order valence-electron chi connectivity index (χ0n) is 21.0. The fourth-order valence-corrected chi connectivity index (χ4v) is 4.46. The van der Waals surface area contributed by atoms with E-state index in [1.54, 1.807) is 12.1 Å². The highest BCUT2D eigenvalue weighted by Crippen LogP contribution is 2.32. The van der Waals surface area contributed by atoms with E-state index in [1.165, 1.54) is 0 Å². The maximum Gasteiger partial charge on any atom is 0.134 e. The Hall–Kier alpha value is -4.08. The average Bonchev–Trinajstić information content (AvgIpc) is 2.95. The molecule has 0 unspecified atom stereocenters. The monoisotopic (exact) mass is 494 g/mol. The van der Waals surface area contributed by atoms with E-state index in [0.29, 0.717) is 36.2 Å².